The summed E-state index contributed by atoms with van der Waals surface area (Å²) < 4.78 is 39.9. The van der Waals surface area contributed by atoms with Crippen molar-refractivity contribution in [1.82, 2.24) is 4.90 Å². The summed E-state index contributed by atoms with van der Waals surface area (Å²) in [5.74, 6) is -0.523. The van der Waals surface area contributed by atoms with Gasteiger partial charge in [0.25, 0.3) is 5.91 Å². The summed E-state index contributed by atoms with van der Waals surface area (Å²) in [7, 11) is 1.57. The van der Waals surface area contributed by atoms with Crippen molar-refractivity contribution < 1.29 is 23.1 Å². The van der Waals surface area contributed by atoms with Crippen LogP contribution in [0.1, 0.15) is 23.6 Å². The molecule has 3 rings (SSSR count). The third-order valence-electron chi connectivity index (χ3n) is 4.89. The summed E-state index contributed by atoms with van der Waals surface area (Å²) in [6.07, 6.45) is -4.75. The smallest absolute Gasteiger partial charge is 0.417 e. The monoisotopic (exact) mass is 405 g/mol. The molecule has 0 saturated carbocycles. The van der Waals surface area contributed by atoms with Crippen molar-refractivity contribution in [2.24, 2.45) is 0 Å². The molecule has 1 fully saturated rings. The number of amides is 1. The van der Waals surface area contributed by atoms with E-state index in [1.807, 2.05) is 0 Å². The maximum atomic E-state index is 13.3. The Bertz CT molecular complexity index is 1010. The zero-order chi connectivity index (χ0) is 20.9. The minimum atomic E-state index is -4.75. The van der Waals surface area contributed by atoms with Crippen molar-refractivity contribution in [2.75, 3.05) is 11.9 Å². The van der Waals surface area contributed by atoms with Gasteiger partial charge in [-0.2, -0.15) is 18.4 Å². The number of rotatable bonds is 2. The van der Waals surface area contributed by atoms with E-state index in [2.05, 4.69) is 0 Å². The molecule has 2 aromatic rings. The lowest BCUT2D eigenvalue weighted by Gasteiger charge is -2.30. The van der Waals surface area contributed by atoms with E-state index >= 15 is 0 Å². The van der Waals surface area contributed by atoms with Crippen LogP contribution in [0.15, 0.2) is 42.5 Å². The number of benzene rings is 2. The van der Waals surface area contributed by atoms with Crippen molar-refractivity contribution in [3.63, 3.8) is 0 Å². The van der Waals surface area contributed by atoms with E-state index in [4.69, 9.17) is 17.5 Å². The van der Waals surface area contributed by atoms with Gasteiger partial charge in [0.2, 0.25) is 0 Å². The largest absolute Gasteiger partial charge is 0.508 e. The number of nitrogens with zero attached hydrogens (tertiary/aromatic N) is 3. The van der Waals surface area contributed by atoms with Gasteiger partial charge in [-0.3, -0.25) is 9.69 Å². The SMILES string of the molecule is CN1C(=S)N(c2ccc(C#N)c(C(F)(F)F)c2)C(=O)C1(C)c1ccc(O)cc1. The van der Waals surface area contributed by atoms with E-state index in [-0.39, 0.29) is 16.5 Å². The van der Waals surface area contributed by atoms with E-state index in [1.165, 1.54) is 29.2 Å². The van der Waals surface area contributed by atoms with E-state index in [9.17, 15) is 23.1 Å². The van der Waals surface area contributed by atoms with Gasteiger partial charge in [-0.25, -0.2) is 0 Å². The molecule has 28 heavy (non-hydrogen) atoms. The molecule has 144 valence electrons. The summed E-state index contributed by atoms with van der Waals surface area (Å²) in [5.41, 5.74) is -2.49. The van der Waals surface area contributed by atoms with Gasteiger partial charge in [-0.15, -0.1) is 0 Å². The molecule has 2 aromatic carbocycles. The number of carbonyl (C=O) groups is 1. The van der Waals surface area contributed by atoms with Crippen LogP contribution in [0.3, 0.4) is 0 Å². The van der Waals surface area contributed by atoms with E-state index < -0.39 is 28.7 Å². The molecular weight excluding hydrogens is 391 g/mol. The van der Waals surface area contributed by atoms with Gasteiger partial charge in [0, 0.05) is 7.05 Å². The third-order valence-corrected chi connectivity index (χ3v) is 5.34. The number of nitriles is 1. The molecule has 0 aliphatic carbocycles. The molecular formula is C19H14F3N3O2S. The molecule has 1 aliphatic rings. The average Bonchev–Trinajstić information content (AvgIpc) is 2.82. The van der Waals surface area contributed by atoms with Crippen molar-refractivity contribution in [2.45, 2.75) is 18.6 Å². The van der Waals surface area contributed by atoms with Gasteiger partial charge in [0.05, 0.1) is 22.9 Å². The topological polar surface area (TPSA) is 67.6 Å². The van der Waals surface area contributed by atoms with Crippen molar-refractivity contribution >= 4 is 28.9 Å². The number of hydrogen-bond acceptors (Lipinski definition) is 4. The van der Waals surface area contributed by atoms with E-state index in [0.29, 0.717) is 5.56 Å². The standard InChI is InChI=1S/C19H14F3N3O2S/c1-18(12-4-7-14(26)8-5-12)16(27)25(17(28)24(18)2)13-6-3-11(10-23)15(9-13)19(20,21)22/h3-9,26H,1-2H3. The Balaban J connectivity index is 2.12. The number of hydrogen-bond donors (Lipinski definition) is 1. The predicted octanol–water partition coefficient (Wildman–Crippen LogP) is 3.76. The first kappa shape index (κ1) is 19.6. The van der Waals surface area contributed by atoms with E-state index in [1.54, 1.807) is 26.1 Å². The molecule has 0 aromatic heterocycles. The molecule has 1 saturated heterocycles. The normalized spacial score (nSPS) is 19.9. The molecule has 5 nitrogen and oxygen atoms in total. The summed E-state index contributed by atoms with van der Waals surface area (Å²) in [5, 5.41) is 18.5. The molecule has 0 spiro atoms. The van der Waals surface area contributed by atoms with Crippen molar-refractivity contribution in [3.05, 3.63) is 59.2 Å². The Hall–Kier alpha value is -3.12. The fourth-order valence-electron chi connectivity index (χ4n) is 3.12. The number of carbonyl (C=O) groups excluding carboxylic acids is 1. The Morgan fingerprint density at radius 2 is 1.79 bits per heavy atom. The molecule has 1 unspecified atom stereocenters. The minimum Gasteiger partial charge on any atom is -0.508 e. The van der Waals surface area contributed by atoms with E-state index in [0.717, 1.165) is 17.0 Å². The van der Waals surface area contributed by atoms with Crippen LogP contribution in [0.5, 0.6) is 5.75 Å². The molecule has 1 N–H and O–H groups in total. The first-order valence-corrected chi connectivity index (χ1v) is 8.46. The van der Waals surface area contributed by atoms with Gasteiger partial charge in [-0.05, 0) is 55.0 Å². The van der Waals surface area contributed by atoms with Crippen LogP contribution >= 0.6 is 12.2 Å². The lowest BCUT2D eigenvalue weighted by molar-refractivity contribution is -0.137. The summed E-state index contributed by atoms with van der Waals surface area (Å²) >= 11 is 5.33. The first-order chi connectivity index (χ1) is 13.0. The predicted molar refractivity (Wildman–Crippen MR) is 99.5 cm³/mol. The lowest BCUT2D eigenvalue weighted by atomic mass is 9.90. The van der Waals surface area contributed by atoms with Crippen molar-refractivity contribution in [3.8, 4) is 11.8 Å². The highest BCUT2D eigenvalue weighted by molar-refractivity contribution is 7.80. The average molecular weight is 405 g/mol. The van der Waals surface area contributed by atoms with Gasteiger partial charge >= 0.3 is 6.18 Å². The maximum absolute atomic E-state index is 13.3. The molecule has 1 heterocycles. The summed E-state index contributed by atoms with van der Waals surface area (Å²) in [4.78, 5) is 15.8. The van der Waals surface area contributed by atoms with Crippen LogP contribution in [-0.2, 0) is 16.5 Å². The Morgan fingerprint density at radius 3 is 2.32 bits per heavy atom. The zero-order valence-corrected chi connectivity index (χ0v) is 15.6. The molecule has 1 amide bonds. The number of aromatic hydroxyl groups is 1. The Labute approximate surface area is 164 Å². The number of alkyl halides is 3. The van der Waals surface area contributed by atoms with Crippen LogP contribution in [0.25, 0.3) is 0 Å². The number of thiocarbonyl (C=S) groups is 1. The first-order valence-electron chi connectivity index (χ1n) is 8.05. The van der Waals surface area contributed by atoms with Gasteiger partial charge in [0.1, 0.15) is 11.3 Å². The van der Waals surface area contributed by atoms with Crippen LogP contribution in [0.4, 0.5) is 18.9 Å². The van der Waals surface area contributed by atoms with Crippen LogP contribution in [-0.4, -0.2) is 28.1 Å². The second kappa shape index (κ2) is 6.49. The van der Waals surface area contributed by atoms with Crippen molar-refractivity contribution in [1.29, 1.82) is 5.26 Å². The molecule has 9 heteroatoms. The number of halogens is 3. The van der Waals surface area contributed by atoms with Gasteiger partial charge in [-0.1, -0.05) is 12.1 Å². The third kappa shape index (κ3) is 2.86. The quantitative estimate of drug-likeness (QED) is 0.771. The Kier molecular flexibility index (Phi) is 4.55. The second-order valence-corrected chi connectivity index (χ2v) is 6.81. The number of phenols is 1. The summed E-state index contributed by atoms with van der Waals surface area (Å²) in [6.45, 7) is 1.60. The highest BCUT2D eigenvalue weighted by Crippen LogP contribution is 2.41. The van der Waals surface area contributed by atoms with Gasteiger partial charge < -0.3 is 10.0 Å². The lowest BCUT2D eigenvalue weighted by Crippen LogP contribution is -2.42. The van der Waals surface area contributed by atoms with Crippen LogP contribution < -0.4 is 4.90 Å². The molecule has 0 bridgehead atoms. The summed E-state index contributed by atoms with van der Waals surface area (Å²) in [6, 6.07) is 10.5. The number of phenolic OH excluding ortho intramolecular Hbond substituents is 1. The number of anilines is 1. The highest BCUT2D eigenvalue weighted by atomic mass is 32.1. The maximum Gasteiger partial charge on any atom is 0.417 e. The fourth-order valence-corrected chi connectivity index (χ4v) is 3.49. The minimum absolute atomic E-state index is 0.0155. The highest BCUT2D eigenvalue weighted by Gasteiger charge is 2.52. The molecule has 1 aliphatic heterocycles. The second-order valence-electron chi connectivity index (χ2n) is 6.44. The number of likely N-dealkylation sites (N-methyl/N-ethyl adjacent to an activating group) is 1. The van der Waals surface area contributed by atoms with Crippen LogP contribution in [0.2, 0.25) is 0 Å². The molecule has 1 atom stereocenters. The van der Waals surface area contributed by atoms with Gasteiger partial charge in [0.15, 0.2) is 5.11 Å². The molecule has 0 radical (unpaired) electrons. The van der Waals surface area contributed by atoms with Crippen LogP contribution in [0, 0.1) is 11.3 Å². The zero-order valence-electron chi connectivity index (χ0n) is 14.8. The fraction of sp³-hybridized carbons (Fsp3) is 0.211. The Morgan fingerprint density at radius 1 is 1.18 bits per heavy atom.